The van der Waals surface area contributed by atoms with E-state index in [9.17, 15) is 4.79 Å². The van der Waals surface area contributed by atoms with E-state index in [4.69, 9.17) is 0 Å². The monoisotopic (exact) mass is 278 g/mol. The van der Waals surface area contributed by atoms with E-state index in [2.05, 4.69) is 22.9 Å². The van der Waals surface area contributed by atoms with E-state index in [0.717, 1.165) is 37.4 Å². The number of rotatable bonds is 3. The molecule has 0 radical (unpaired) electrons. The highest BCUT2D eigenvalue weighted by atomic mass is 32.1. The van der Waals surface area contributed by atoms with Gasteiger partial charge in [0.15, 0.2) is 0 Å². The van der Waals surface area contributed by atoms with Crippen LogP contribution in [0.2, 0.25) is 0 Å². The molecule has 1 aliphatic carbocycles. The van der Waals surface area contributed by atoms with Gasteiger partial charge in [-0.25, -0.2) is 0 Å². The van der Waals surface area contributed by atoms with Crippen molar-refractivity contribution in [3.05, 3.63) is 21.4 Å². The van der Waals surface area contributed by atoms with Crippen LogP contribution < -0.4 is 10.6 Å². The molecule has 1 aromatic rings. The summed E-state index contributed by atoms with van der Waals surface area (Å²) < 4.78 is 0. The van der Waals surface area contributed by atoms with E-state index in [0.29, 0.717) is 6.04 Å². The van der Waals surface area contributed by atoms with E-state index in [1.165, 1.54) is 29.7 Å². The van der Waals surface area contributed by atoms with Crippen molar-refractivity contribution in [2.75, 3.05) is 13.1 Å². The molecule has 0 spiro atoms. The van der Waals surface area contributed by atoms with E-state index in [1.807, 2.05) is 0 Å². The molecular weight excluding hydrogens is 256 g/mol. The Morgan fingerprint density at radius 2 is 2.42 bits per heavy atom. The number of fused-ring (bicyclic) bond motifs is 1. The molecule has 3 rings (SSSR count). The van der Waals surface area contributed by atoms with Gasteiger partial charge in [0.2, 0.25) is 0 Å². The van der Waals surface area contributed by atoms with E-state index in [1.54, 1.807) is 11.3 Å². The highest BCUT2D eigenvalue weighted by molar-refractivity contribution is 7.10. The number of carbonyl (C=O) groups is 1. The van der Waals surface area contributed by atoms with Crippen molar-refractivity contribution >= 4 is 17.2 Å². The number of hydrogen-bond donors (Lipinski definition) is 2. The number of nitrogens with one attached hydrogen (secondary N) is 2. The number of carbonyl (C=O) groups excluding carboxylic acids is 1. The third-order valence-electron chi connectivity index (χ3n) is 4.32. The van der Waals surface area contributed by atoms with Crippen LogP contribution >= 0.6 is 11.3 Å². The van der Waals surface area contributed by atoms with Gasteiger partial charge in [-0.2, -0.15) is 0 Å². The third kappa shape index (κ3) is 2.84. The van der Waals surface area contributed by atoms with Gasteiger partial charge >= 0.3 is 0 Å². The van der Waals surface area contributed by atoms with Crippen molar-refractivity contribution in [1.82, 2.24) is 10.6 Å². The molecule has 0 bridgehead atoms. The second kappa shape index (κ2) is 5.63. The summed E-state index contributed by atoms with van der Waals surface area (Å²) in [6, 6.07) is 0.471. The van der Waals surface area contributed by atoms with E-state index < -0.39 is 0 Å². The van der Waals surface area contributed by atoms with Crippen LogP contribution in [-0.4, -0.2) is 25.0 Å². The van der Waals surface area contributed by atoms with Crippen LogP contribution in [0, 0.1) is 5.92 Å². The first kappa shape index (κ1) is 13.1. The average Bonchev–Trinajstić information content (AvgIpc) is 3.04. The standard InChI is InChI=1S/C15H22N2OS/c1-10-4-5-12-13(9-19-14(12)7-10)15(18)17-8-11-3-2-6-16-11/h9-11,16H,2-8H2,1H3,(H,17,18). The van der Waals surface area contributed by atoms with Crippen molar-refractivity contribution in [2.45, 2.75) is 45.1 Å². The minimum Gasteiger partial charge on any atom is -0.350 e. The summed E-state index contributed by atoms with van der Waals surface area (Å²) in [6.45, 7) is 4.15. The minimum atomic E-state index is 0.126. The van der Waals surface area contributed by atoms with Gasteiger partial charge in [-0.3, -0.25) is 4.79 Å². The molecule has 1 amide bonds. The summed E-state index contributed by atoms with van der Waals surface area (Å²) in [4.78, 5) is 13.7. The van der Waals surface area contributed by atoms with Crippen LogP contribution in [0.3, 0.4) is 0 Å². The summed E-state index contributed by atoms with van der Waals surface area (Å²) >= 11 is 1.77. The minimum absolute atomic E-state index is 0.126. The van der Waals surface area contributed by atoms with Gasteiger partial charge in [-0.05, 0) is 50.1 Å². The zero-order valence-electron chi connectivity index (χ0n) is 11.5. The summed E-state index contributed by atoms with van der Waals surface area (Å²) in [5.41, 5.74) is 2.25. The first-order valence-corrected chi connectivity index (χ1v) is 8.23. The molecule has 0 aromatic carbocycles. The molecule has 2 unspecified atom stereocenters. The second-order valence-corrected chi connectivity index (χ2v) is 6.87. The maximum atomic E-state index is 12.3. The summed E-state index contributed by atoms with van der Waals surface area (Å²) in [6.07, 6.45) is 5.85. The lowest BCUT2D eigenvalue weighted by Gasteiger charge is -2.19. The Bertz CT molecular complexity index is 463. The van der Waals surface area contributed by atoms with Gasteiger partial charge < -0.3 is 10.6 Å². The van der Waals surface area contributed by atoms with Crippen LogP contribution in [0.15, 0.2) is 5.38 Å². The van der Waals surface area contributed by atoms with Crippen LogP contribution in [0.5, 0.6) is 0 Å². The molecule has 1 saturated heterocycles. The SMILES string of the molecule is CC1CCc2c(C(=O)NCC3CCCN3)csc2C1. The molecule has 2 aliphatic rings. The molecule has 4 heteroatoms. The van der Waals surface area contributed by atoms with E-state index >= 15 is 0 Å². The normalized spacial score (nSPS) is 26.2. The Labute approximate surface area is 118 Å². The molecule has 2 N–H and O–H groups in total. The zero-order chi connectivity index (χ0) is 13.2. The zero-order valence-corrected chi connectivity index (χ0v) is 12.3. The Morgan fingerprint density at radius 1 is 1.53 bits per heavy atom. The van der Waals surface area contributed by atoms with Gasteiger partial charge in [-0.15, -0.1) is 11.3 Å². The van der Waals surface area contributed by atoms with Crippen molar-refractivity contribution in [3.8, 4) is 0 Å². The first-order valence-electron chi connectivity index (χ1n) is 7.35. The molecule has 0 saturated carbocycles. The quantitative estimate of drug-likeness (QED) is 0.891. The Balaban J connectivity index is 1.63. The fourth-order valence-electron chi connectivity index (χ4n) is 3.11. The number of thiophene rings is 1. The third-order valence-corrected chi connectivity index (χ3v) is 5.37. The van der Waals surface area contributed by atoms with Crippen LogP contribution in [-0.2, 0) is 12.8 Å². The van der Waals surface area contributed by atoms with Crippen molar-refractivity contribution < 1.29 is 4.79 Å². The number of amides is 1. The fourth-order valence-corrected chi connectivity index (χ4v) is 4.35. The summed E-state index contributed by atoms with van der Waals surface area (Å²) in [7, 11) is 0. The summed E-state index contributed by atoms with van der Waals surface area (Å²) in [5.74, 6) is 0.894. The number of hydrogen-bond acceptors (Lipinski definition) is 3. The average molecular weight is 278 g/mol. The maximum Gasteiger partial charge on any atom is 0.252 e. The molecule has 1 aromatic heterocycles. The predicted octanol–water partition coefficient (Wildman–Crippen LogP) is 2.35. The second-order valence-electron chi connectivity index (χ2n) is 5.90. The molecule has 2 heterocycles. The lowest BCUT2D eigenvalue weighted by Crippen LogP contribution is -2.37. The molecular formula is C15H22N2OS. The predicted molar refractivity (Wildman–Crippen MR) is 78.9 cm³/mol. The highest BCUT2D eigenvalue weighted by Gasteiger charge is 2.23. The van der Waals surface area contributed by atoms with Crippen LogP contribution in [0.1, 0.15) is 47.0 Å². The highest BCUT2D eigenvalue weighted by Crippen LogP contribution is 2.32. The van der Waals surface area contributed by atoms with Gasteiger partial charge in [0.05, 0.1) is 5.56 Å². The van der Waals surface area contributed by atoms with Crippen molar-refractivity contribution in [3.63, 3.8) is 0 Å². The van der Waals surface area contributed by atoms with Crippen molar-refractivity contribution in [1.29, 1.82) is 0 Å². The molecule has 19 heavy (non-hydrogen) atoms. The lowest BCUT2D eigenvalue weighted by molar-refractivity contribution is 0.0949. The first-order chi connectivity index (χ1) is 9.24. The maximum absolute atomic E-state index is 12.3. The fraction of sp³-hybridized carbons (Fsp3) is 0.667. The van der Waals surface area contributed by atoms with Crippen LogP contribution in [0.4, 0.5) is 0 Å². The lowest BCUT2D eigenvalue weighted by atomic mass is 9.88. The molecule has 3 nitrogen and oxygen atoms in total. The van der Waals surface area contributed by atoms with Crippen LogP contribution in [0.25, 0.3) is 0 Å². The summed E-state index contributed by atoms with van der Waals surface area (Å²) in [5, 5.41) is 8.56. The molecule has 1 fully saturated rings. The van der Waals surface area contributed by atoms with Gasteiger partial charge in [-0.1, -0.05) is 6.92 Å². The molecule has 2 atom stereocenters. The Morgan fingerprint density at radius 3 is 3.21 bits per heavy atom. The van der Waals surface area contributed by atoms with E-state index in [-0.39, 0.29) is 5.91 Å². The molecule has 104 valence electrons. The Hall–Kier alpha value is -0.870. The van der Waals surface area contributed by atoms with Gasteiger partial charge in [0.25, 0.3) is 5.91 Å². The van der Waals surface area contributed by atoms with Gasteiger partial charge in [0.1, 0.15) is 0 Å². The molecule has 1 aliphatic heterocycles. The van der Waals surface area contributed by atoms with Gasteiger partial charge in [0, 0.05) is 22.8 Å². The largest absolute Gasteiger partial charge is 0.350 e. The Kier molecular flexibility index (Phi) is 3.89. The van der Waals surface area contributed by atoms with Crippen molar-refractivity contribution in [2.24, 2.45) is 5.92 Å². The topological polar surface area (TPSA) is 41.1 Å². The smallest absolute Gasteiger partial charge is 0.252 e.